The maximum Gasteiger partial charge on any atom is 0.271 e. The van der Waals surface area contributed by atoms with Crippen molar-refractivity contribution >= 4 is 33.2 Å². The summed E-state index contributed by atoms with van der Waals surface area (Å²) in [6, 6.07) is 3.78. The lowest BCUT2D eigenvalue weighted by Gasteiger charge is -2.19. The van der Waals surface area contributed by atoms with Crippen LogP contribution >= 0.6 is 0 Å². The number of carbonyl (C=O) groups is 2. The Labute approximate surface area is 151 Å². The van der Waals surface area contributed by atoms with E-state index in [1.165, 1.54) is 29.6 Å². The number of anilines is 1. The van der Waals surface area contributed by atoms with Crippen LogP contribution < -0.4 is 5.32 Å². The van der Waals surface area contributed by atoms with Gasteiger partial charge in [-0.3, -0.25) is 9.59 Å². The highest BCUT2D eigenvalue weighted by atomic mass is 32.2. The third kappa shape index (κ3) is 3.56. The van der Waals surface area contributed by atoms with E-state index in [-0.39, 0.29) is 40.8 Å². The van der Waals surface area contributed by atoms with Crippen molar-refractivity contribution in [2.24, 2.45) is 5.10 Å². The molecule has 2 aliphatic heterocycles. The molecule has 0 radical (unpaired) electrons. The molecular weight excluding hydrogens is 360 g/mol. The smallest absolute Gasteiger partial charge is 0.271 e. The van der Waals surface area contributed by atoms with Crippen LogP contribution in [0.5, 0.6) is 5.75 Å². The van der Waals surface area contributed by atoms with E-state index < -0.39 is 15.9 Å². The molecular formula is C16H20N4O5S. The first-order valence-electron chi connectivity index (χ1n) is 8.27. The number of hydrazone groups is 1. The van der Waals surface area contributed by atoms with Crippen molar-refractivity contribution in [1.82, 2.24) is 9.31 Å². The lowest BCUT2D eigenvalue weighted by Crippen LogP contribution is -2.34. The second kappa shape index (κ2) is 7.04. The van der Waals surface area contributed by atoms with Gasteiger partial charge in [0.25, 0.3) is 5.91 Å². The Balaban J connectivity index is 1.83. The van der Waals surface area contributed by atoms with Gasteiger partial charge in [-0.1, -0.05) is 0 Å². The number of nitrogens with zero attached hydrogens (tertiary/aromatic N) is 3. The standard InChI is InChI=1S/C16H20N4O5S/c1-19-15(22)7-5-12(18-19)16(23)17-13-10-11(4-6-14(13)21)26(24,25)20-8-2-3-9-20/h4,6,10,21H,2-3,5,7-9H2,1H3,(H,17,23). The Morgan fingerprint density at radius 2 is 1.92 bits per heavy atom. The van der Waals surface area contributed by atoms with Crippen LogP contribution in [0.15, 0.2) is 28.2 Å². The predicted octanol–water partition coefficient (Wildman–Crippen LogP) is 0.723. The number of benzene rings is 1. The molecule has 9 nitrogen and oxygen atoms in total. The minimum Gasteiger partial charge on any atom is -0.506 e. The van der Waals surface area contributed by atoms with Gasteiger partial charge in [-0.2, -0.15) is 9.41 Å². The Hall–Kier alpha value is -2.46. The Kier molecular flexibility index (Phi) is 4.97. The van der Waals surface area contributed by atoms with E-state index in [9.17, 15) is 23.1 Å². The van der Waals surface area contributed by atoms with Crippen LogP contribution in [-0.4, -0.2) is 60.5 Å². The molecule has 0 saturated carbocycles. The third-order valence-electron chi connectivity index (χ3n) is 4.39. The summed E-state index contributed by atoms with van der Waals surface area (Å²) in [7, 11) is -2.21. The molecule has 3 rings (SSSR count). The van der Waals surface area contributed by atoms with E-state index in [0.29, 0.717) is 13.1 Å². The van der Waals surface area contributed by atoms with Gasteiger partial charge in [0.2, 0.25) is 15.9 Å². The zero-order chi connectivity index (χ0) is 18.9. The van der Waals surface area contributed by atoms with Gasteiger partial charge in [0.1, 0.15) is 11.5 Å². The minimum atomic E-state index is -3.67. The van der Waals surface area contributed by atoms with Gasteiger partial charge in [-0.15, -0.1) is 0 Å². The molecule has 1 aromatic carbocycles. The lowest BCUT2D eigenvalue weighted by atomic mass is 10.1. The van der Waals surface area contributed by atoms with Crippen LogP contribution in [0.25, 0.3) is 0 Å². The van der Waals surface area contributed by atoms with Gasteiger partial charge >= 0.3 is 0 Å². The van der Waals surface area contributed by atoms with E-state index in [1.807, 2.05) is 0 Å². The van der Waals surface area contributed by atoms with E-state index in [0.717, 1.165) is 17.9 Å². The van der Waals surface area contributed by atoms with Crippen molar-refractivity contribution in [3.63, 3.8) is 0 Å². The molecule has 1 saturated heterocycles. The molecule has 1 fully saturated rings. The molecule has 0 atom stereocenters. The molecule has 0 aliphatic carbocycles. The van der Waals surface area contributed by atoms with Crippen LogP contribution in [0.2, 0.25) is 0 Å². The second-order valence-electron chi connectivity index (χ2n) is 6.21. The average Bonchev–Trinajstić information content (AvgIpc) is 3.14. The van der Waals surface area contributed by atoms with Crippen molar-refractivity contribution in [1.29, 1.82) is 0 Å². The second-order valence-corrected chi connectivity index (χ2v) is 8.15. The monoisotopic (exact) mass is 380 g/mol. The average molecular weight is 380 g/mol. The van der Waals surface area contributed by atoms with Gasteiger partial charge in [-0.05, 0) is 31.0 Å². The van der Waals surface area contributed by atoms with Crippen molar-refractivity contribution in [2.75, 3.05) is 25.5 Å². The van der Waals surface area contributed by atoms with Gasteiger partial charge < -0.3 is 10.4 Å². The predicted molar refractivity (Wildman–Crippen MR) is 94.2 cm³/mol. The summed E-state index contributed by atoms with van der Waals surface area (Å²) in [5, 5.41) is 17.5. The Morgan fingerprint density at radius 3 is 2.58 bits per heavy atom. The summed E-state index contributed by atoms with van der Waals surface area (Å²) in [5.41, 5.74) is 0.122. The number of phenolic OH excluding ortho intramolecular Hbond substituents is 1. The molecule has 2 aliphatic rings. The largest absolute Gasteiger partial charge is 0.506 e. The fraction of sp³-hybridized carbons (Fsp3) is 0.438. The number of hydrogen-bond acceptors (Lipinski definition) is 6. The lowest BCUT2D eigenvalue weighted by molar-refractivity contribution is -0.130. The van der Waals surface area contributed by atoms with Gasteiger partial charge in [0, 0.05) is 33.0 Å². The number of nitrogens with one attached hydrogen (secondary N) is 1. The minimum absolute atomic E-state index is 0.00498. The summed E-state index contributed by atoms with van der Waals surface area (Å²) in [4.78, 5) is 23.8. The third-order valence-corrected chi connectivity index (χ3v) is 6.28. The maximum absolute atomic E-state index is 12.6. The molecule has 0 unspecified atom stereocenters. The first-order chi connectivity index (χ1) is 12.3. The number of phenols is 1. The van der Waals surface area contributed by atoms with Crippen LogP contribution in [-0.2, 0) is 19.6 Å². The zero-order valence-corrected chi connectivity index (χ0v) is 15.1. The van der Waals surface area contributed by atoms with Gasteiger partial charge in [-0.25, -0.2) is 13.4 Å². The fourth-order valence-electron chi connectivity index (χ4n) is 2.88. The van der Waals surface area contributed by atoms with Crippen molar-refractivity contribution < 1.29 is 23.1 Å². The van der Waals surface area contributed by atoms with Gasteiger partial charge in [0.15, 0.2) is 0 Å². The van der Waals surface area contributed by atoms with Crippen LogP contribution in [0.1, 0.15) is 25.7 Å². The molecule has 0 bridgehead atoms. The Morgan fingerprint density at radius 1 is 1.23 bits per heavy atom. The molecule has 0 spiro atoms. The molecule has 26 heavy (non-hydrogen) atoms. The number of carbonyl (C=O) groups excluding carboxylic acids is 2. The summed E-state index contributed by atoms with van der Waals surface area (Å²) in [6.07, 6.45) is 1.97. The summed E-state index contributed by atoms with van der Waals surface area (Å²) in [5.74, 6) is -1.03. The van der Waals surface area contributed by atoms with Crippen LogP contribution in [0.4, 0.5) is 5.69 Å². The maximum atomic E-state index is 12.6. The van der Waals surface area contributed by atoms with Gasteiger partial charge in [0.05, 0.1) is 10.6 Å². The van der Waals surface area contributed by atoms with Crippen LogP contribution in [0, 0.1) is 0 Å². The zero-order valence-electron chi connectivity index (χ0n) is 14.3. The topological polar surface area (TPSA) is 119 Å². The van der Waals surface area contributed by atoms with Crippen molar-refractivity contribution in [2.45, 2.75) is 30.6 Å². The number of amides is 2. The molecule has 2 heterocycles. The first kappa shape index (κ1) is 18.3. The summed E-state index contributed by atoms with van der Waals surface area (Å²) in [6.45, 7) is 0.921. The quantitative estimate of drug-likeness (QED) is 0.746. The van der Waals surface area contributed by atoms with Crippen LogP contribution in [0.3, 0.4) is 0 Å². The fourth-order valence-corrected chi connectivity index (χ4v) is 4.42. The highest BCUT2D eigenvalue weighted by molar-refractivity contribution is 7.89. The molecule has 10 heteroatoms. The van der Waals surface area contributed by atoms with E-state index in [2.05, 4.69) is 10.4 Å². The SMILES string of the molecule is CN1N=C(C(=O)Nc2cc(S(=O)(=O)N3CCCC3)ccc2O)CCC1=O. The first-order valence-corrected chi connectivity index (χ1v) is 9.71. The number of aromatic hydroxyl groups is 1. The summed E-state index contributed by atoms with van der Waals surface area (Å²) >= 11 is 0. The Bertz CT molecular complexity index is 875. The molecule has 2 amide bonds. The number of hydrogen-bond donors (Lipinski definition) is 2. The molecule has 2 N–H and O–H groups in total. The van der Waals surface area contributed by atoms with Crippen molar-refractivity contribution in [3.8, 4) is 5.75 Å². The van der Waals surface area contributed by atoms with Crippen molar-refractivity contribution in [3.05, 3.63) is 18.2 Å². The molecule has 0 aromatic heterocycles. The van der Waals surface area contributed by atoms with E-state index in [4.69, 9.17) is 0 Å². The highest BCUT2D eigenvalue weighted by Gasteiger charge is 2.28. The van der Waals surface area contributed by atoms with E-state index in [1.54, 1.807) is 0 Å². The number of sulfonamides is 1. The molecule has 1 aromatic rings. The molecule has 140 valence electrons. The normalized spacial score (nSPS) is 18.7. The number of rotatable bonds is 4. The highest BCUT2D eigenvalue weighted by Crippen LogP contribution is 2.29. The van der Waals surface area contributed by atoms with E-state index >= 15 is 0 Å². The summed E-state index contributed by atoms with van der Waals surface area (Å²) < 4.78 is 26.6.